The normalized spacial score (nSPS) is 20.3. The molecule has 0 radical (unpaired) electrons. The predicted molar refractivity (Wildman–Crippen MR) is 70.1 cm³/mol. The number of imidazole rings is 1. The number of amides is 1. The summed E-state index contributed by atoms with van der Waals surface area (Å²) >= 11 is 0. The molecular formula is C13H22N4O. The molecule has 0 aliphatic carbocycles. The van der Waals surface area contributed by atoms with Crippen LogP contribution in [-0.4, -0.2) is 39.4 Å². The van der Waals surface area contributed by atoms with Crippen LogP contribution in [0.3, 0.4) is 0 Å². The van der Waals surface area contributed by atoms with Crippen molar-refractivity contribution in [1.29, 1.82) is 0 Å². The van der Waals surface area contributed by atoms with Gasteiger partial charge in [-0.25, -0.2) is 4.98 Å². The summed E-state index contributed by atoms with van der Waals surface area (Å²) in [5, 5.41) is 3.29. The summed E-state index contributed by atoms with van der Waals surface area (Å²) in [6.45, 7) is 7.71. The fraction of sp³-hybridized carbons (Fsp3) is 0.692. The first-order valence-corrected chi connectivity index (χ1v) is 6.72. The first kappa shape index (κ1) is 13.1. The second kappa shape index (κ2) is 5.52. The minimum Gasteiger partial charge on any atom is -0.347 e. The number of H-pyrrole nitrogens is 1. The molecule has 1 aromatic rings. The van der Waals surface area contributed by atoms with E-state index >= 15 is 0 Å². The molecule has 0 bridgehead atoms. The second-order valence-corrected chi connectivity index (χ2v) is 4.85. The van der Waals surface area contributed by atoms with Crippen LogP contribution in [0.5, 0.6) is 0 Å². The van der Waals surface area contributed by atoms with Gasteiger partial charge >= 0.3 is 0 Å². The zero-order valence-electron chi connectivity index (χ0n) is 11.4. The number of nitrogens with zero attached hydrogens (tertiary/aromatic N) is 2. The maximum atomic E-state index is 12.5. The summed E-state index contributed by atoms with van der Waals surface area (Å²) in [5.74, 6) is 0.195. The highest BCUT2D eigenvalue weighted by Gasteiger charge is 2.30. The van der Waals surface area contributed by atoms with Crippen molar-refractivity contribution in [1.82, 2.24) is 20.2 Å². The highest BCUT2D eigenvalue weighted by molar-refractivity contribution is 5.82. The van der Waals surface area contributed by atoms with Crippen LogP contribution >= 0.6 is 0 Å². The van der Waals surface area contributed by atoms with Crippen molar-refractivity contribution in [3.05, 3.63) is 17.7 Å². The van der Waals surface area contributed by atoms with Gasteiger partial charge in [0.2, 0.25) is 5.91 Å². The molecule has 2 rings (SSSR count). The zero-order valence-corrected chi connectivity index (χ0v) is 11.4. The molecule has 100 valence electrons. The molecule has 2 N–H and O–H groups in total. The van der Waals surface area contributed by atoms with Crippen molar-refractivity contribution in [2.24, 2.45) is 0 Å². The van der Waals surface area contributed by atoms with Crippen LogP contribution in [-0.2, 0) is 17.8 Å². The Balaban J connectivity index is 2.06. The molecule has 2 atom stereocenters. The molecule has 1 amide bonds. The minimum absolute atomic E-state index is 0.130. The van der Waals surface area contributed by atoms with E-state index in [0.29, 0.717) is 19.0 Å². The van der Waals surface area contributed by atoms with Gasteiger partial charge in [0, 0.05) is 25.6 Å². The monoisotopic (exact) mass is 250 g/mol. The Morgan fingerprint density at radius 3 is 3.06 bits per heavy atom. The van der Waals surface area contributed by atoms with Crippen LogP contribution in [0.4, 0.5) is 0 Å². The number of fused-ring (bicyclic) bond motifs is 1. The van der Waals surface area contributed by atoms with Crippen molar-refractivity contribution in [3.8, 4) is 0 Å². The van der Waals surface area contributed by atoms with Crippen molar-refractivity contribution >= 4 is 5.91 Å². The summed E-state index contributed by atoms with van der Waals surface area (Å²) < 4.78 is 0. The Kier molecular flexibility index (Phi) is 4.01. The lowest BCUT2D eigenvalue weighted by molar-refractivity contribution is -0.135. The van der Waals surface area contributed by atoms with Crippen LogP contribution < -0.4 is 5.32 Å². The van der Waals surface area contributed by atoms with Crippen LogP contribution in [0.2, 0.25) is 0 Å². The molecule has 0 spiro atoms. The quantitative estimate of drug-likeness (QED) is 0.840. The minimum atomic E-state index is -0.130. The first-order valence-electron chi connectivity index (χ1n) is 6.72. The van der Waals surface area contributed by atoms with Crippen LogP contribution in [0, 0.1) is 0 Å². The van der Waals surface area contributed by atoms with Gasteiger partial charge in [0.05, 0.1) is 23.8 Å². The Morgan fingerprint density at radius 2 is 2.39 bits per heavy atom. The molecule has 5 heteroatoms. The van der Waals surface area contributed by atoms with E-state index in [1.165, 1.54) is 0 Å². The Bertz CT molecular complexity index is 415. The molecular weight excluding hydrogens is 228 g/mol. The lowest BCUT2D eigenvalue weighted by Crippen LogP contribution is -2.51. The second-order valence-electron chi connectivity index (χ2n) is 4.85. The highest BCUT2D eigenvalue weighted by atomic mass is 16.2. The number of carbonyl (C=O) groups excluding carboxylic acids is 1. The van der Waals surface area contributed by atoms with E-state index in [9.17, 15) is 4.79 Å². The average Bonchev–Trinajstić information content (AvgIpc) is 2.86. The molecule has 1 aromatic heterocycles. The van der Waals surface area contributed by atoms with E-state index in [0.717, 1.165) is 24.4 Å². The zero-order chi connectivity index (χ0) is 13.1. The number of hydrogen-bond donors (Lipinski definition) is 2. The van der Waals surface area contributed by atoms with Crippen LogP contribution in [0.1, 0.15) is 38.6 Å². The Morgan fingerprint density at radius 1 is 1.61 bits per heavy atom. The number of likely N-dealkylation sites (N-methyl/N-ethyl adjacent to an activating group) is 1. The summed E-state index contributed by atoms with van der Waals surface area (Å²) in [6, 6.07) is 0.166. The third kappa shape index (κ3) is 2.41. The molecule has 18 heavy (non-hydrogen) atoms. The number of carbonyl (C=O) groups is 1. The fourth-order valence-electron chi connectivity index (χ4n) is 2.45. The van der Waals surface area contributed by atoms with E-state index in [1.54, 1.807) is 6.33 Å². The van der Waals surface area contributed by atoms with E-state index in [4.69, 9.17) is 0 Å². The molecule has 2 heterocycles. The third-order valence-electron chi connectivity index (χ3n) is 3.77. The van der Waals surface area contributed by atoms with Gasteiger partial charge in [-0.3, -0.25) is 10.1 Å². The summed E-state index contributed by atoms with van der Waals surface area (Å²) in [5.41, 5.74) is 2.12. The largest absolute Gasteiger partial charge is 0.347 e. The molecule has 2 unspecified atom stereocenters. The number of aromatic nitrogens is 2. The number of nitrogens with one attached hydrogen (secondary N) is 2. The van der Waals surface area contributed by atoms with E-state index < -0.39 is 0 Å². The predicted octanol–water partition coefficient (Wildman–Crippen LogP) is 1.07. The van der Waals surface area contributed by atoms with Crippen molar-refractivity contribution < 1.29 is 4.79 Å². The average molecular weight is 250 g/mol. The van der Waals surface area contributed by atoms with Gasteiger partial charge in [-0.1, -0.05) is 6.92 Å². The fourth-order valence-corrected chi connectivity index (χ4v) is 2.45. The van der Waals surface area contributed by atoms with Crippen LogP contribution in [0.15, 0.2) is 6.33 Å². The molecule has 1 aliphatic rings. The molecule has 0 fully saturated rings. The molecule has 0 aromatic carbocycles. The van der Waals surface area contributed by atoms with Gasteiger partial charge < -0.3 is 9.88 Å². The first-order chi connectivity index (χ1) is 8.67. The topological polar surface area (TPSA) is 61.0 Å². The Hall–Kier alpha value is -1.36. The van der Waals surface area contributed by atoms with E-state index in [1.807, 2.05) is 11.8 Å². The molecule has 0 saturated carbocycles. The van der Waals surface area contributed by atoms with Crippen molar-refractivity contribution in [3.63, 3.8) is 0 Å². The van der Waals surface area contributed by atoms with Crippen LogP contribution in [0.25, 0.3) is 0 Å². The summed E-state index contributed by atoms with van der Waals surface area (Å²) in [4.78, 5) is 21.8. The smallest absolute Gasteiger partial charge is 0.240 e. The summed E-state index contributed by atoms with van der Waals surface area (Å²) in [6.07, 6.45) is 3.37. The lowest BCUT2D eigenvalue weighted by Gasteiger charge is -2.32. The lowest BCUT2D eigenvalue weighted by atomic mass is 10.0. The molecule has 5 nitrogen and oxygen atoms in total. The van der Waals surface area contributed by atoms with Gasteiger partial charge in [0.25, 0.3) is 0 Å². The third-order valence-corrected chi connectivity index (χ3v) is 3.77. The van der Waals surface area contributed by atoms with Crippen molar-refractivity contribution in [2.75, 3.05) is 6.54 Å². The van der Waals surface area contributed by atoms with E-state index in [-0.39, 0.29) is 11.9 Å². The maximum Gasteiger partial charge on any atom is 0.240 e. The highest BCUT2D eigenvalue weighted by Crippen LogP contribution is 2.15. The van der Waals surface area contributed by atoms with Gasteiger partial charge in [0.1, 0.15) is 0 Å². The Labute approximate surface area is 108 Å². The maximum absolute atomic E-state index is 12.5. The number of hydrogen-bond acceptors (Lipinski definition) is 3. The van der Waals surface area contributed by atoms with Gasteiger partial charge in [-0.15, -0.1) is 0 Å². The molecule has 0 saturated heterocycles. The van der Waals surface area contributed by atoms with Gasteiger partial charge in [-0.05, 0) is 20.3 Å². The van der Waals surface area contributed by atoms with E-state index in [2.05, 4.69) is 29.1 Å². The number of aromatic amines is 1. The summed E-state index contributed by atoms with van der Waals surface area (Å²) in [7, 11) is 0. The van der Waals surface area contributed by atoms with Gasteiger partial charge in [-0.2, -0.15) is 0 Å². The number of rotatable bonds is 4. The SMILES string of the molecule is CCC(C)N(CC)C(=O)C1Cc2nc[nH]c2CN1. The van der Waals surface area contributed by atoms with Crippen molar-refractivity contribution in [2.45, 2.75) is 52.2 Å². The standard InChI is InChI=1S/C13H22N4O/c1-4-9(3)17(5-2)13(18)11-6-10-12(7-14-11)16-8-15-10/h8-9,11,14H,4-7H2,1-3H3,(H,15,16). The molecule has 1 aliphatic heterocycles. The van der Waals surface area contributed by atoms with Gasteiger partial charge in [0.15, 0.2) is 0 Å².